The van der Waals surface area contributed by atoms with Crippen molar-refractivity contribution in [3.8, 4) is 6.07 Å². The summed E-state index contributed by atoms with van der Waals surface area (Å²) in [4.78, 5) is 16.6. The van der Waals surface area contributed by atoms with Crippen LogP contribution in [0.25, 0.3) is 0 Å². The van der Waals surface area contributed by atoms with Crippen LogP contribution in [0.15, 0.2) is 33.9 Å². The van der Waals surface area contributed by atoms with E-state index in [4.69, 9.17) is 14.3 Å². The van der Waals surface area contributed by atoms with Gasteiger partial charge in [0.15, 0.2) is 0 Å². The van der Waals surface area contributed by atoms with Crippen LogP contribution >= 0.6 is 23.5 Å². The molecule has 1 rings (SSSR count). The lowest BCUT2D eigenvalue weighted by atomic mass is 10.2. The van der Waals surface area contributed by atoms with Gasteiger partial charge >= 0.3 is 13.6 Å². The van der Waals surface area contributed by atoms with Crippen LogP contribution in [0.3, 0.4) is 0 Å². The summed E-state index contributed by atoms with van der Waals surface area (Å²) in [5.74, 6) is -0.806. The summed E-state index contributed by atoms with van der Waals surface area (Å²) < 4.78 is 22.8. The molecule has 0 bridgehead atoms. The first kappa shape index (κ1) is 18.5. The highest BCUT2D eigenvalue weighted by Crippen LogP contribution is 2.49. The molecule has 0 aliphatic rings. The monoisotopic (exact) mass is 388 g/mol. The minimum Gasteiger partial charge on any atom is -0.311 e. The number of benzene rings is 1. The molecule has 0 fully saturated rings. The zero-order valence-electron chi connectivity index (χ0n) is 12.0. The smallest absolute Gasteiger partial charge is 0.311 e. The van der Waals surface area contributed by atoms with E-state index in [2.05, 4.69) is 25.9 Å². The molecule has 0 atom stereocenters. The van der Waals surface area contributed by atoms with Crippen LogP contribution in [0.1, 0.15) is 24.2 Å². The van der Waals surface area contributed by atoms with Gasteiger partial charge in [-0.25, -0.2) is 4.79 Å². The van der Waals surface area contributed by atoms with E-state index in [1.807, 2.05) is 0 Å². The molecule has 118 valence electrons. The number of hydrogen-bond donors (Lipinski definition) is 0. The van der Waals surface area contributed by atoms with E-state index in [1.165, 1.54) is 6.07 Å². The van der Waals surface area contributed by atoms with Gasteiger partial charge in [0.25, 0.3) is 5.45 Å². The highest BCUT2D eigenvalue weighted by atomic mass is 79.9. The Balaban J connectivity index is 2.98. The maximum absolute atomic E-state index is 12.4. The Hall–Kier alpha value is -1.52. The van der Waals surface area contributed by atoms with Crippen molar-refractivity contribution in [2.45, 2.75) is 13.8 Å². The standard InChI is InChI=1S/C13H14BrN2O5P/c1-3-19-22(18,20-4-2)12(9-15)16-21-13(17)10-7-5-6-8-11(10)14/h5-8H,3-4H2,1-2H3. The first-order chi connectivity index (χ1) is 10.5. The van der Waals surface area contributed by atoms with Gasteiger partial charge in [-0.05, 0) is 41.9 Å². The van der Waals surface area contributed by atoms with Gasteiger partial charge in [-0.15, -0.1) is 0 Å². The Morgan fingerprint density at radius 3 is 2.41 bits per heavy atom. The van der Waals surface area contributed by atoms with Crippen molar-refractivity contribution in [2.75, 3.05) is 13.2 Å². The fourth-order valence-electron chi connectivity index (χ4n) is 1.39. The molecule has 0 aliphatic carbocycles. The molecule has 0 saturated heterocycles. The molecule has 0 unspecified atom stereocenters. The highest BCUT2D eigenvalue weighted by Gasteiger charge is 2.33. The van der Waals surface area contributed by atoms with Crippen molar-refractivity contribution >= 4 is 34.9 Å². The van der Waals surface area contributed by atoms with Crippen molar-refractivity contribution in [2.24, 2.45) is 5.16 Å². The average molecular weight is 389 g/mol. The lowest BCUT2D eigenvalue weighted by Crippen LogP contribution is -2.08. The second kappa shape index (κ2) is 8.81. The second-order valence-corrected chi connectivity index (χ2v) is 6.51. The number of carbonyl (C=O) groups excluding carboxylic acids is 1. The third-order valence-electron chi connectivity index (χ3n) is 2.27. The number of rotatable bonds is 7. The molecule has 0 aliphatic heterocycles. The van der Waals surface area contributed by atoms with E-state index in [-0.39, 0.29) is 18.8 Å². The third-order valence-corrected chi connectivity index (χ3v) is 4.85. The largest absolute Gasteiger partial charge is 0.393 e. The summed E-state index contributed by atoms with van der Waals surface area (Å²) in [5, 5.41) is 12.4. The van der Waals surface area contributed by atoms with Crippen molar-refractivity contribution in [3.63, 3.8) is 0 Å². The summed E-state index contributed by atoms with van der Waals surface area (Å²) in [6.07, 6.45) is 0. The van der Waals surface area contributed by atoms with Crippen LogP contribution in [0, 0.1) is 11.3 Å². The second-order valence-electron chi connectivity index (χ2n) is 3.72. The Morgan fingerprint density at radius 2 is 1.91 bits per heavy atom. The van der Waals surface area contributed by atoms with Gasteiger partial charge in [0.2, 0.25) is 0 Å². The van der Waals surface area contributed by atoms with E-state index in [0.29, 0.717) is 4.47 Å². The number of carbonyl (C=O) groups is 1. The maximum atomic E-state index is 12.4. The van der Waals surface area contributed by atoms with E-state index >= 15 is 0 Å². The molecule has 1 aromatic carbocycles. The van der Waals surface area contributed by atoms with E-state index in [1.54, 1.807) is 38.1 Å². The lowest BCUT2D eigenvalue weighted by molar-refractivity contribution is 0.0516. The third kappa shape index (κ3) is 4.75. The highest BCUT2D eigenvalue weighted by molar-refractivity contribution is 9.10. The Bertz CT molecular complexity index is 646. The minimum atomic E-state index is -3.89. The predicted molar refractivity (Wildman–Crippen MR) is 83.5 cm³/mol. The van der Waals surface area contributed by atoms with Crippen LogP contribution in [-0.4, -0.2) is 24.6 Å². The fraction of sp³-hybridized carbons (Fsp3) is 0.308. The normalized spacial score (nSPS) is 11.8. The molecule has 22 heavy (non-hydrogen) atoms. The molecule has 7 nitrogen and oxygen atoms in total. The van der Waals surface area contributed by atoms with Gasteiger partial charge in [-0.2, -0.15) is 5.26 Å². The van der Waals surface area contributed by atoms with Gasteiger partial charge < -0.3 is 13.9 Å². The van der Waals surface area contributed by atoms with E-state index < -0.39 is 19.0 Å². The van der Waals surface area contributed by atoms with Gasteiger partial charge in [-0.3, -0.25) is 4.57 Å². The van der Waals surface area contributed by atoms with Crippen molar-refractivity contribution < 1.29 is 23.2 Å². The zero-order valence-corrected chi connectivity index (χ0v) is 14.5. The maximum Gasteiger partial charge on any atom is 0.393 e. The van der Waals surface area contributed by atoms with E-state index in [0.717, 1.165) is 0 Å². The van der Waals surface area contributed by atoms with Crippen LogP contribution in [-0.2, 0) is 18.5 Å². The van der Waals surface area contributed by atoms with Crippen molar-refractivity contribution in [1.82, 2.24) is 0 Å². The molecule has 1 aromatic rings. The molecular formula is C13H14BrN2O5P. The summed E-state index contributed by atoms with van der Waals surface area (Å²) in [5.41, 5.74) is -0.400. The Labute approximate surface area is 136 Å². The van der Waals surface area contributed by atoms with Crippen LogP contribution in [0.5, 0.6) is 0 Å². The fourth-order valence-corrected chi connectivity index (χ4v) is 3.10. The molecule has 0 saturated carbocycles. The Morgan fingerprint density at radius 1 is 1.32 bits per heavy atom. The molecule has 0 amide bonds. The zero-order chi connectivity index (χ0) is 16.6. The van der Waals surface area contributed by atoms with Crippen LogP contribution in [0.2, 0.25) is 0 Å². The average Bonchev–Trinajstić information content (AvgIpc) is 2.48. The van der Waals surface area contributed by atoms with E-state index in [9.17, 15) is 9.36 Å². The first-order valence-corrected chi connectivity index (χ1v) is 8.65. The SMILES string of the molecule is CCOP(=O)(OCC)C(C#N)=NOC(=O)c1ccccc1Br. The van der Waals surface area contributed by atoms with Crippen LogP contribution in [0.4, 0.5) is 0 Å². The summed E-state index contributed by atoms with van der Waals surface area (Å²) in [7, 11) is -3.89. The first-order valence-electron chi connectivity index (χ1n) is 6.32. The number of hydrogen-bond acceptors (Lipinski definition) is 7. The number of oxime groups is 1. The van der Waals surface area contributed by atoms with Crippen molar-refractivity contribution in [1.29, 1.82) is 5.26 Å². The molecule has 9 heteroatoms. The van der Waals surface area contributed by atoms with Gasteiger partial charge in [0.05, 0.1) is 18.8 Å². The molecular weight excluding hydrogens is 375 g/mol. The quantitative estimate of drug-likeness (QED) is 0.305. The molecule has 0 spiro atoms. The van der Waals surface area contributed by atoms with Gasteiger partial charge in [0.1, 0.15) is 6.07 Å². The van der Waals surface area contributed by atoms with Crippen molar-refractivity contribution in [3.05, 3.63) is 34.3 Å². The minimum absolute atomic E-state index is 0.0517. The lowest BCUT2D eigenvalue weighted by Gasteiger charge is -2.13. The van der Waals surface area contributed by atoms with Crippen LogP contribution < -0.4 is 0 Å². The number of halogens is 1. The molecule has 0 heterocycles. The molecule has 0 radical (unpaired) electrons. The number of nitrogens with zero attached hydrogens (tertiary/aromatic N) is 2. The molecule has 0 N–H and O–H groups in total. The Kier molecular flexibility index (Phi) is 7.42. The predicted octanol–water partition coefficient (Wildman–Crippen LogP) is 3.71. The topological polar surface area (TPSA) is 98.0 Å². The number of nitriles is 1. The summed E-state index contributed by atoms with van der Waals surface area (Å²) in [6, 6.07) is 8.11. The van der Waals surface area contributed by atoms with Gasteiger partial charge in [-0.1, -0.05) is 17.3 Å². The summed E-state index contributed by atoms with van der Waals surface area (Å²) >= 11 is 3.19. The van der Waals surface area contributed by atoms with Gasteiger partial charge in [0, 0.05) is 4.47 Å². The summed E-state index contributed by atoms with van der Waals surface area (Å²) in [6.45, 7) is 3.29. The molecule has 0 aromatic heterocycles.